The van der Waals surface area contributed by atoms with E-state index in [-0.39, 0.29) is 11.7 Å². The van der Waals surface area contributed by atoms with E-state index in [2.05, 4.69) is 38.1 Å². The average Bonchev–Trinajstić information content (AvgIpc) is 3.37. The number of furan rings is 1. The van der Waals surface area contributed by atoms with Crippen LogP contribution in [0.5, 0.6) is 5.75 Å². The second-order valence-electron chi connectivity index (χ2n) is 6.84. The van der Waals surface area contributed by atoms with Crippen molar-refractivity contribution >= 4 is 56.9 Å². The minimum absolute atomic E-state index is 0.0880. The third kappa shape index (κ3) is 4.57. The van der Waals surface area contributed by atoms with Crippen molar-refractivity contribution in [1.29, 1.82) is 0 Å². The van der Waals surface area contributed by atoms with Crippen molar-refractivity contribution in [2.24, 2.45) is 0 Å². The Morgan fingerprint density at radius 2 is 2.10 bits per heavy atom. The number of carbonyl (C=O) groups excluding carboxylic acids is 1. The van der Waals surface area contributed by atoms with Gasteiger partial charge in [0.25, 0.3) is 0 Å². The van der Waals surface area contributed by atoms with Crippen LogP contribution >= 0.6 is 34.4 Å². The molecule has 31 heavy (non-hydrogen) atoms. The maximum atomic E-state index is 12.5. The lowest BCUT2D eigenvalue weighted by Gasteiger charge is -2.09. The maximum Gasteiger partial charge on any atom is 0.234 e. The molecule has 0 spiro atoms. The Balaban J connectivity index is 1.51. The molecular weight excluding hydrogens is 527 g/mol. The lowest BCUT2D eigenvalue weighted by molar-refractivity contribution is -0.113. The first-order valence-corrected chi connectivity index (χ1v) is 11.8. The number of para-hydroxylation sites is 1. The normalized spacial score (nSPS) is 11.1. The van der Waals surface area contributed by atoms with Gasteiger partial charge in [0.2, 0.25) is 11.7 Å². The lowest BCUT2D eigenvalue weighted by atomic mass is 10.2. The van der Waals surface area contributed by atoms with Crippen LogP contribution in [0.25, 0.3) is 22.6 Å². The first-order chi connectivity index (χ1) is 15.0. The van der Waals surface area contributed by atoms with E-state index in [1.54, 1.807) is 7.11 Å². The molecule has 4 aromatic rings. The van der Waals surface area contributed by atoms with Crippen molar-refractivity contribution < 1.29 is 13.9 Å². The summed E-state index contributed by atoms with van der Waals surface area (Å²) < 4.78 is 14.5. The smallest absolute Gasteiger partial charge is 0.234 e. The van der Waals surface area contributed by atoms with E-state index in [0.29, 0.717) is 34.6 Å². The molecular formula is C22H21IN4O3S. The van der Waals surface area contributed by atoms with E-state index in [4.69, 9.17) is 9.15 Å². The van der Waals surface area contributed by atoms with Crippen LogP contribution in [-0.4, -0.2) is 33.5 Å². The Hall–Kier alpha value is -2.53. The first kappa shape index (κ1) is 21.7. The quantitative estimate of drug-likeness (QED) is 0.247. The summed E-state index contributed by atoms with van der Waals surface area (Å²) >= 11 is 3.60. The van der Waals surface area contributed by atoms with Crippen LogP contribution in [0.1, 0.15) is 12.5 Å². The monoisotopic (exact) mass is 548 g/mol. The third-order valence-electron chi connectivity index (χ3n) is 4.78. The Morgan fingerprint density at radius 3 is 2.84 bits per heavy atom. The molecule has 9 heteroatoms. The predicted molar refractivity (Wildman–Crippen MR) is 131 cm³/mol. The molecule has 0 saturated heterocycles. The second-order valence-corrected chi connectivity index (χ2v) is 9.02. The molecule has 0 bridgehead atoms. The summed E-state index contributed by atoms with van der Waals surface area (Å²) in [4.78, 5) is 12.5. The summed E-state index contributed by atoms with van der Waals surface area (Å²) in [5.41, 5.74) is 2.52. The number of aromatic nitrogens is 3. The topological polar surface area (TPSA) is 82.2 Å². The van der Waals surface area contributed by atoms with Crippen molar-refractivity contribution in [2.75, 3.05) is 18.2 Å². The van der Waals surface area contributed by atoms with Gasteiger partial charge in [0.15, 0.2) is 22.2 Å². The van der Waals surface area contributed by atoms with E-state index in [1.807, 2.05) is 60.9 Å². The van der Waals surface area contributed by atoms with E-state index in [9.17, 15) is 4.79 Å². The fraction of sp³-hybridized carbons (Fsp3) is 0.227. The molecule has 0 radical (unpaired) electrons. The van der Waals surface area contributed by atoms with Gasteiger partial charge in [-0.05, 0) is 72.3 Å². The summed E-state index contributed by atoms with van der Waals surface area (Å²) in [5, 5.41) is 13.2. The third-order valence-corrected chi connectivity index (χ3v) is 6.41. The Morgan fingerprint density at radius 1 is 1.26 bits per heavy atom. The number of thioether (sulfide) groups is 1. The van der Waals surface area contributed by atoms with Crippen molar-refractivity contribution in [3.05, 3.63) is 51.6 Å². The molecule has 1 amide bonds. The number of ether oxygens (including phenoxy) is 1. The zero-order valence-electron chi connectivity index (χ0n) is 17.3. The number of aryl methyl sites for hydroxylation is 1. The van der Waals surface area contributed by atoms with Gasteiger partial charge < -0.3 is 14.5 Å². The maximum absolute atomic E-state index is 12.5. The van der Waals surface area contributed by atoms with Gasteiger partial charge >= 0.3 is 0 Å². The second kappa shape index (κ2) is 9.31. The summed E-state index contributed by atoms with van der Waals surface area (Å²) in [7, 11) is 1.61. The van der Waals surface area contributed by atoms with Crippen LogP contribution in [0.4, 0.5) is 5.69 Å². The van der Waals surface area contributed by atoms with Crippen molar-refractivity contribution in [3.63, 3.8) is 0 Å². The number of nitrogens with zero attached hydrogens (tertiary/aromatic N) is 3. The van der Waals surface area contributed by atoms with Crippen LogP contribution in [0.3, 0.4) is 0 Å². The van der Waals surface area contributed by atoms with Gasteiger partial charge in [-0.25, -0.2) is 0 Å². The number of carbonyl (C=O) groups is 1. The summed E-state index contributed by atoms with van der Waals surface area (Å²) in [6.45, 7) is 4.64. The van der Waals surface area contributed by atoms with Gasteiger partial charge in [-0.2, -0.15) is 0 Å². The van der Waals surface area contributed by atoms with Gasteiger partial charge in [-0.15, -0.1) is 10.2 Å². The van der Waals surface area contributed by atoms with Gasteiger partial charge in [0.05, 0.1) is 12.9 Å². The number of hydrogen-bond donors (Lipinski definition) is 1. The Kier molecular flexibility index (Phi) is 6.51. The SMILES string of the molecule is CCn1c(SCC(=O)Nc2ccc(I)cc2C)nnc1-c1cc2cccc(OC)c2o1. The molecule has 4 rings (SSSR count). The number of amides is 1. The highest BCUT2D eigenvalue weighted by atomic mass is 127. The van der Waals surface area contributed by atoms with Crippen LogP contribution < -0.4 is 10.1 Å². The average molecular weight is 548 g/mol. The van der Waals surface area contributed by atoms with E-state index in [0.717, 1.165) is 20.2 Å². The largest absolute Gasteiger partial charge is 0.493 e. The predicted octanol–water partition coefficient (Wildman–Crippen LogP) is 5.36. The molecule has 160 valence electrons. The molecule has 7 nitrogen and oxygen atoms in total. The van der Waals surface area contributed by atoms with E-state index in [1.165, 1.54) is 11.8 Å². The number of halogens is 1. The van der Waals surface area contributed by atoms with Gasteiger partial charge in [-0.1, -0.05) is 23.9 Å². The summed E-state index contributed by atoms with van der Waals surface area (Å²) in [6.07, 6.45) is 0. The molecule has 0 aliphatic rings. The molecule has 2 heterocycles. The summed E-state index contributed by atoms with van der Waals surface area (Å²) in [5.74, 6) is 2.05. The zero-order valence-corrected chi connectivity index (χ0v) is 20.3. The fourth-order valence-electron chi connectivity index (χ4n) is 3.25. The number of fused-ring (bicyclic) bond motifs is 1. The zero-order chi connectivity index (χ0) is 22.0. The van der Waals surface area contributed by atoms with Gasteiger partial charge in [0.1, 0.15) is 0 Å². The number of nitrogens with one attached hydrogen (secondary N) is 1. The molecule has 2 aromatic heterocycles. The molecule has 2 aromatic carbocycles. The summed E-state index contributed by atoms with van der Waals surface area (Å²) in [6, 6.07) is 13.6. The number of benzene rings is 2. The van der Waals surface area contributed by atoms with E-state index < -0.39 is 0 Å². The minimum atomic E-state index is -0.0880. The first-order valence-electron chi connectivity index (χ1n) is 9.69. The van der Waals surface area contributed by atoms with Crippen LogP contribution in [-0.2, 0) is 11.3 Å². The van der Waals surface area contributed by atoms with Crippen LogP contribution in [0.2, 0.25) is 0 Å². The minimum Gasteiger partial charge on any atom is -0.493 e. The molecule has 0 aliphatic carbocycles. The van der Waals surface area contributed by atoms with Crippen molar-refractivity contribution in [3.8, 4) is 17.3 Å². The van der Waals surface area contributed by atoms with Crippen molar-refractivity contribution in [2.45, 2.75) is 25.5 Å². The molecule has 0 atom stereocenters. The Labute approximate surface area is 197 Å². The highest BCUT2D eigenvalue weighted by Crippen LogP contribution is 2.33. The molecule has 0 fully saturated rings. The highest BCUT2D eigenvalue weighted by molar-refractivity contribution is 14.1. The molecule has 0 unspecified atom stereocenters. The van der Waals surface area contributed by atoms with Crippen molar-refractivity contribution in [1.82, 2.24) is 14.8 Å². The Bertz CT molecular complexity index is 1250. The van der Waals surface area contributed by atoms with Gasteiger partial charge in [0, 0.05) is 21.2 Å². The highest BCUT2D eigenvalue weighted by Gasteiger charge is 2.19. The lowest BCUT2D eigenvalue weighted by Crippen LogP contribution is -2.15. The number of anilines is 1. The standard InChI is InChI=1S/C22H21IN4O3S/c1-4-27-21(18-11-14-6-5-7-17(29-3)20(14)30-18)25-26-22(27)31-12-19(28)24-16-9-8-15(23)10-13(16)2/h5-11H,4,12H2,1-3H3,(H,24,28). The van der Waals surface area contributed by atoms with Crippen LogP contribution in [0.15, 0.2) is 52.0 Å². The molecule has 0 aliphatic heterocycles. The number of methoxy groups -OCH3 is 1. The van der Waals surface area contributed by atoms with E-state index >= 15 is 0 Å². The number of rotatable bonds is 7. The fourth-order valence-corrected chi connectivity index (χ4v) is 4.70. The molecule has 1 N–H and O–H groups in total. The molecule has 0 saturated carbocycles. The number of hydrogen-bond acceptors (Lipinski definition) is 6. The van der Waals surface area contributed by atoms with Crippen LogP contribution in [0, 0.1) is 10.5 Å². The van der Waals surface area contributed by atoms with Gasteiger partial charge in [-0.3, -0.25) is 9.36 Å².